The molecule has 0 amide bonds. The Labute approximate surface area is 199 Å². The average molecular weight is 524 g/mol. The van der Waals surface area contributed by atoms with Crippen molar-refractivity contribution in [2.45, 2.75) is 50.2 Å². The van der Waals surface area contributed by atoms with Gasteiger partial charge in [0.2, 0.25) is 5.28 Å². The first-order valence-corrected chi connectivity index (χ1v) is 11.5. The fourth-order valence-corrected chi connectivity index (χ4v) is 5.72. The summed E-state index contributed by atoms with van der Waals surface area (Å²) in [4.78, 5) is 8.57. The highest BCUT2D eigenvalue weighted by Crippen LogP contribution is 2.52. The standard InChI is InChI=1S/C22H24BrClN4O4/c1-22(2)31-17-13(10-5-11(29-3)7-12(6-10)30-4)8-15(18(17)32-22)28-9-14(23)16-19(25)26-21(24)27-20(16)28/h5-7,9,13,15,17-18H,8H2,1-4H3,(H2,25,26,27)/t13-,15-,17-,18+/m1/s1. The Hall–Kier alpha value is -2.07. The number of ether oxygens (including phenoxy) is 4. The molecule has 1 saturated heterocycles. The lowest BCUT2D eigenvalue weighted by Crippen LogP contribution is -2.27. The van der Waals surface area contributed by atoms with E-state index in [-0.39, 0.29) is 29.5 Å². The Morgan fingerprint density at radius 3 is 2.44 bits per heavy atom. The summed E-state index contributed by atoms with van der Waals surface area (Å²) >= 11 is 9.75. The SMILES string of the molecule is COc1cc(OC)cc([C@H]2C[C@@H](n3cc(Br)c4c(N)nc(Cl)nc43)[C@@H]3OC(C)(C)O[C@@H]32)c1. The largest absolute Gasteiger partial charge is 0.497 e. The van der Waals surface area contributed by atoms with E-state index in [0.29, 0.717) is 11.5 Å². The maximum Gasteiger partial charge on any atom is 0.226 e. The number of nitrogen functional groups attached to an aromatic ring is 1. The van der Waals surface area contributed by atoms with Crippen molar-refractivity contribution in [2.24, 2.45) is 0 Å². The summed E-state index contributed by atoms with van der Waals surface area (Å²) in [6.45, 7) is 3.87. The van der Waals surface area contributed by atoms with Crippen LogP contribution >= 0.6 is 27.5 Å². The van der Waals surface area contributed by atoms with Crippen LogP contribution in [0.3, 0.4) is 0 Å². The molecule has 0 spiro atoms. The molecule has 0 bridgehead atoms. The van der Waals surface area contributed by atoms with Crippen LogP contribution in [0.25, 0.3) is 11.0 Å². The van der Waals surface area contributed by atoms with Crippen molar-refractivity contribution in [3.8, 4) is 11.5 Å². The van der Waals surface area contributed by atoms with Crippen LogP contribution < -0.4 is 15.2 Å². The maximum atomic E-state index is 6.39. The van der Waals surface area contributed by atoms with Gasteiger partial charge in [-0.1, -0.05) is 0 Å². The van der Waals surface area contributed by atoms with Crippen LogP contribution in [0.4, 0.5) is 5.82 Å². The number of benzene rings is 1. The molecular weight excluding hydrogens is 500 g/mol. The van der Waals surface area contributed by atoms with Crippen molar-refractivity contribution in [3.05, 3.63) is 39.7 Å². The van der Waals surface area contributed by atoms with Crippen molar-refractivity contribution in [2.75, 3.05) is 20.0 Å². The highest BCUT2D eigenvalue weighted by molar-refractivity contribution is 9.10. The molecule has 1 aliphatic carbocycles. The number of hydrogen-bond donors (Lipinski definition) is 1. The van der Waals surface area contributed by atoms with E-state index in [1.165, 1.54) is 0 Å². The predicted molar refractivity (Wildman–Crippen MR) is 124 cm³/mol. The third-order valence-corrected chi connectivity index (χ3v) is 6.99. The van der Waals surface area contributed by atoms with E-state index in [9.17, 15) is 0 Å². The molecule has 2 aromatic heterocycles. The summed E-state index contributed by atoms with van der Waals surface area (Å²) in [5, 5.41) is 0.838. The van der Waals surface area contributed by atoms with Crippen molar-refractivity contribution >= 4 is 44.4 Å². The van der Waals surface area contributed by atoms with Gasteiger partial charge in [0.15, 0.2) is 5.79 Å². The van der Waals surface area contributed by atoms with E-state index in [1.54, 1.807) is 14.2 Å². The van der Waals surface area contributed by atoms with Crippen molar-refractivity contribution in [3.63, 3.8) is 0 Å². The average Bonchev–Trinajstić information content (AvgIpc) is 3.35. The van der Waals surface area contributed by atoms with E-state index in [2.05, 4.69) is 30.5 Å². The molecule has 8 nitrogen and oxygen atoms in total. The molecule has 1 aromatic carbocycles. The van der Waals surface area contributed by atoms with Gasteiger partial charge in [-0.25, -0.2) is 4.98 Å². The van der Waals surface area contributed by atoms with Gasteiger partial charge in [-0.05, 0) is 65.5 Å². The second kappa shape index (κ2) is 7.76. The number of hydrogen-bond acceptors (Lipinski definition) is 7. The number of nitrogens with two attached hydrogens (primary N) is 1. The van der Waals surface area contributed by atoms with Crippen LogP contribution in [0, 0.1) is 0 Å². The molecule has 3 heterocycles. The molecule has 5 rings (SSSR count). The zero-order valence-electron chi connectivity index (χ0n) is 18.1. The number of halogens is 2. The summed E-state index contributed by atoms with van der Waals surface area (Å²) in [7, 11) is 3.29. The molecule has 0 unspecified atom stereocenters. The molecule has 1 saturated carbocycles. The summed E-state index contributed by atoms with van der Waals surface area (Å²) in [5.41, 5.74) is 7.87. The molecule has 3 aromatic rings. The first-order valence-electron chi connectivity index (χ1n) is 10.3. The first kappa shape index (κ1) is 21.8. The fourth-order valence-electron chi connectivity index (χ4n) is 4.95. The molecule has 170 valence electrons. The molecule has 1 aliphatic heterocycles. The zero-order valence-corrected chi connectivity index (χ0v) is 20.5. The second-order valence-electron chi connectivity index (χ2n) is 8.58. The van der Waals surface area contributed by atoms with Gasteiger partial charge < -0.3 is 29.2 Å². The fraction of sp³-hybridized carbons (Fsp3) is 0.455. The van der Waals surface area contributed by atoms with Crippen LogP contribution in [0.5, 0.6) is 11.5 Å². The van der Waals surface area contributed by atoms with E-state index < -0.39 is 5.79 Å². The van der Waals surface area contributed by atoms with Crippen molar-refractivity contribution < 1.29 is 18.9 Å². The van der Waals surface area contributed by atoms with Gasteiger partial charge in [0, 0.05) is 22.7 Å². The van der Waals surface area contributed by atoms with E-state index >= 15 is 0 Å². The van der Waals surface area contributed by atoms with Gasteiger partial charge in [-0.15, -0.1) is 0 Å². The molecule has 2 N–H and O–H groups in total. The number of rotatable bonds is 4. The summed E-state index contributed by atoms with van der Waals surface area (Å²) < 4.78 is 26.7. The Bertz CT molecular complexity index is 1180. The summed E-state index contributed by atoms with van der Waals surface area (Å²) in [6, 6.07) is 5.87. The predicted octanol–water partition coefficient (Wildman–Crippen LogP) is 4.70. The van der Waals surface area contributed by atoms with Gasteiger partial charge in [-0.2, -0.15) is 4.98 Å². The Kier molecular flexibility index (Phi) is 5.28. The molecule has 2 aliphatic rings. The molecule has 2 fully saturated rings. The lowest BCUT2D eigenvalue weighted by Gasteiger charge is -2.25. The number of fused-ring (bicyclic) bond motifs is 2. The summed E-state index contributed by atoms with van der Waals surface area (Å²) in [6.07, 6.45) is 2.39. The van der Waals surface area contributed by atoms with Crippen LogP contribution in [0.15, 0.2) is 28.9 Å². The Morgan fingerprint density at radius 2 is 1.78 bits per heavy atom. The number of methoxy groups -OCH3 is 2. The van der Waals surface area contributed by atoms with Crippen LogP contribution in [-0.4, -0.2) is 46.7 Å². The normalized spacial score (nSPS) is 26.4. The minimum atomic E-state index is -0.707. The number of nitrogens with zero attached hydrogens (tertiary/aromatic N) is 3. The number of aromatic nitrogens is 3. The van der Waals surface area contributed by atoms with Gasteiger partial charge in [-0.3, -0.25) is 0 Å². The lowest BCUT2D eigenvalue weighted by molar-refractivity contribution is -0.157. The van der Waals surface area contributed by atoms with E-state index in [4.69, 9.17) is 36.3 Å². The molecule has 10 heteroatoms. The third kappa shape index (κ3) is 3.51. The van der Waals surface area contributed by atoms with Crippen LogP contribution in [0.2, 0.25) is 5.28 Å². The topological polar surface area (TPSA) is 93.7 Å². The molecule has 32 heavy (non-hydrogen) atoms. The van der Waals surface area contributed by atoms with Gasteiger partial charge in [0.1, 0.15) is 29.1 Å². The van der Waals surface area contributed by atoms with E-state index in [1.807, 2.05) is 38.2 Å². The van der Waals surface area contributed by atoms with E-state index in [0.717, 1.165) is 33.3 Å². The second-order valence-corrected chi connectivity index (χ2v) is 9.77. The quantitative estimate of drug-likeness (QED) is 0.496. The minimum absolute atomic E-state index is 0.0527. The summed E-state index contributed by atoms with van der Waals surface area (Å²) in [5.74, 6) is 1.15. The van der Waals surface area contributed by atoms with Crippen LogP contribution in [0.1, 0.15) is 37.8 Å². The first-order chi connectivity index (χ1) is 15.2. The van der Waals surface area contributed by atoms with Gasteiger partial charge in [0.05, 0.1) is 31.8 Å². The highest BCUT2D eigenvalue weighted by Gasteiger charge is 2.55. The minimum Gasteiger partial charge on any atom is -0.497 e. The molecule has 0 radical (unpaired) electrons. The Balaban J connectivity index is 1.62. The van der Waals surface area contributed by atoms with Crippen LogP contribution in [-0.2, 0) is 9.47 Å². The van der Waals surface area contributed by atoms with Crippen molar-refractivity contribution in [1.82, 2.24) is 14.5 Å². The smallest absolute Gasteiger partial charge is 0.226 e. The monoisotopic (exact) mass is 522 g/mol. The third-order valence-electron chi connectivity index (χ3n) is 6.22. The number of anilines is 1. The van der Waals surface area contributed by atoms with Crippen molar-refractivity contribution in [1.29, 1.82) is 0 Å². The molecular formula is C22H24BrClN4O4. The Morgan fingerprint density at radius 1 is 1.12 bits per heavy atom. The zero-order chi connectivity index (χ0) is 22.8. The van der Waals surface area contributed by atoms with Gasteiger partial charge >= 0.3 is 0 Å². The highest BCUT2D eigenvalue weighted by atomic mass is 79.9. The molecule has 4 atom stereocenters. The maximum absolute atomic E-state index is 6.39. The van der Waals surface area contributed by atoms with Gasteiger partial charge in [0.25, 0.3) is 0 Å². The lowest BCUT2D eigenvalue weighted by atomic mass is 9.94.